The molecule has 1 fully saturated rings. The van der Waals surface area contributed by atoms with Crippen LogP contribution in [0.1, 0.15) is 30.0 Å². The van der Waals surface area contributed by atoms with Crippen molar-refractivity contribution in [3.8, 4) is 11.1 Å². The molecule has 3 heterocycles. The normalized spacial score (nSPS) is 16.6. The van der Waals surface area contributed by atoms with E-state index in [1.807, 2.05) is 41.4 Å². The molecule has 7 nitrogen and oxygen atoms in total. The molecule has 150 valence electrons. The summed E-state index contributed by atoms with van der Waals surface area (Å²) in [5, 5.41) is 10.5. The number of nitrogens with two attached hydrogens (primary N) is 1. The number of carbonyl (C=O) groups is 1. The Morgan fingerprint density at radius 2 is 2.14 bits per heavy atom. The molecule has 0 aliphatic carbocycles. The van der Waals surface area contributed by atoms with Crippen LogP contribution in [0.25, 0.3) is 11.1 Å². The molecule has 2 amide bonds. The molecular formula is C22H26N6O. The number of nitrogens with zero attached hydrogens (tertiary/aromatic N) is 3. The van der Waals surface area contributed by atoms with Crippen LogP contribution >= 0.6 is 0 Å². The van der Waals surface area contributed by atoms with Gasteiger partial charge in [-0.3, -0.25) is 5.10 Å². The number of benzene rings is 1. The van der Waals surface area contributed by atoms with Gasteiger partial charge in [0.25, 0.3) is 0 Å². The highest BCUT2D eigenvalue weighted by molar-refractivity contribution is 5.74. The predicted molar refractivity (Wildman–Crippen MR) is 113 cm³/mol. The Bertz CT molecular complexity index is 955. The lowest BCUT2D eigenvalue weighted by Crippen LogP contribution is -2.45. The minimum Gasteiger partial charge on any atom is -0.384 e. The molecule has 0 radical (unpaired) electrons. The fraction of sp³-hybridized carbons (Fsp3) is 0.318. The van der Waals surface area contributed by atoms with Gasteiger partial charge in [0.2, 0.25) is 0 Å². The first-order chi connectivity index (χ1) is 14.2. The van der Waals surface area contributed by atoms with Crippen molar-refractivity contribution < 1.29 is 4.79 Å². The third kappa shape index (κ3) is 4.56. The van der Waals surface area contributed by atoms with E-state index < -0.39 is 0 Å². The van der Waals surface area contributed by atoms with Gasteiger partial charge in [-0.25, -0.2) is 9.78 Å². The van der Waals surface area contributed by atoms with E-state index >= 15 is 0 Å². The molecule has 3 aromatic rings. The molecule has 2 aromatic heterocycles. The summed E-state index contributed by atoms with van der Waals surface area (Å²) < 4.78 is 0. The maximum atomic E-state index is 12.7. The van der Waals surface area contributed by atoms with Crippen LogP contribution in [0.2, 0.25) is 0 Å². The Kier molecular flexibility index (Phi) is 5.74. The van der Waals surface area contributed by atoms with Crippen LogP contribution in [0.3, 0.4) is 0 Å². The van der Waals surface area contributed by atoms with Crippen molar-refractivity contribution in [3.63, 3.8) is 0 Å². The number of nitrogen functional groups attached to an aromatic ring is 1. The lowest BCUT2D eigenvalue weighted by atomic mass is 9.91. The van der Waals surface area contributed by atoms with Crippen LogP contribution in [0, 0.1) is 0 Å². The summed E-state index contributed by atoms with van der Waals surface area (Å²) in [5.74, 6) is 0.702. The molecular weight excluding hydrogens is 364 g/mol. The Hall–Kier alpha value is -3.35. The van der Waals surface area contributed by atoms with Crippen molar-refractivity contribution in [1.82, 2.24) is 25.4 Å². The standard InChI is InChI=1S/C22H26N6O/c23-20-13-17(9-11-24-20)19-14-26-27-21(19)18-7-4-12-28(15-18)22(29)25-10-8-16-5-2-1-3-6-16/h1-3,5-6,9,11,13-14,18H,4,7-8,10,12,15H2,(H2,23,24)(H,25,29)(H,26,27)/t18-/m0/s1. The van der Waals surface area contributed by atoms with Crippen LogP contribution in [-0.4, -0.2) is 45.7 Å². The number of nitrogens with one attached hydrogen (secondary N) is 2. The fourth-order valence-electron chi connectivity index (χ4n) is 3.92. The van der Waals surface area contributed by atoms with Crippen molar-refractivity contribution in [2.24, 2.45) is 0 Å². The fourth-order valence-corrected chi connectivity index (χ4v) is 3.92. The molecule has 4 N–H and O–H groups in total. The molecule has 0 unspecified atom stereocenters. The maximum absolute atomic E-state index is 12.7. The van der Waals surface area contributed by atoms with Crippen molar-refractivity contribution in [2.45, 2.75) is 25.2 Å². The van der Waals surface area contributed by atoms with E-state index in [1.54, 1.807) is 6.20 Å². The Balaban J connectivity index is 1.39. The van der Waals surface area contributed by atoms with E-state index in [1.165, 1.54) is 5.56 Å². The molecule has 7 heteroatoms. The summed E-state index contributed by atoms with van der Waals surface area (Å²) in [4.78, 5) is 18.6. The average Bonchev–Trinajstić information content (AvgIpc) is 3.25. The lowest BCUT2D eigenvalue weighted by Gasteiger charge is -2.32. The number of pyridine rings is 1. The van der Waals surface area contributed by atoms with Gasteiger partial charge >= 0.3 is 6.03 Å². The second-order valence-corrected chi connectivity index (χ2v) is 7.42. The van der Waals surface area contributed by atoms with Crippen molar-refractivity contribution in [3.05, 3.63) is 66.1 Å². The molecule has 1 aliphatic rings. The minimum absolute atomic E-state index is 0.000137. The molecule has 1 atom stereocenters. The number of H-pyrrole nitrogens is 1. The van der Waals surface area contributed by atoms with Crippen LogP contribution in [0.4, 0.5) is 10.6 Å². The minimum atomic E-state index is -0.000137. The SMILES string of the molecule is Nc1cc(-c2cn[nH]c2[C@H]2CCCN(C(=O)NCCc3ccccc3)C2)ccn1. The number of urea groups is 1. The molecule has 29 heavy (non-hydrogen) atoms. The number of carbonyl (C=O) groups excluding carboxylic acids is 1. The monoisotopic (exact) mass is 390 g/mol. The maximum Gasteiger partial charge on any atom is 0.317 e. The third-order valence-corrected chi connectivity index (χ3v) is 5.41. The number of likely N-dealkylation sites (tertiary alicyclic amines) is 1. The van der Waals surface area contributed by atoms with Crippen molar-refractivity contribution in [1.29, 1.82) is 0 Å². The molecule has 4 rings (SSSR count). The summed E-state index contributed by atoms with van der Waals surface area (Å²) in [7, 11) is 0. The highest BCUT2D eigenvalue weighted by Crippen LogP contribution is 2.33. The molecule has 0 bridgehead atoms. The van der Waals surface area contributed by atoms with Crippen LogP contribution in [0.15, 0.2) is 54.9 Å². The van der Waals surface area contributed by atoms with Crippen LogP contribution in [-0.2, 0) is 6.42 Å². The van der Waals surface area contributed by atoms with Crippen LogP contribution in [0.5, 0.6) is 0 Å². The summed E-state index contributed by atoms with van der Waals surface area (Å²) in [6.45, 7) is 2.09. The predicted octanol–water partition coefficient (Wildman–Crippen LogP) is 3.19. The summed E-state index contributed by atoms with van der Waals surface area (Å²) >= 11 is 0. The van der Waals surface area contributed by atoms with Gasteiger partial charge in [-0.15, -0.1) is 0 Å². The van der Waals surface area contributed by atoms with Crippen molar-refractivity contribution >= 4 is 11.8 Å². The van der Waals surface area contributed by atoms with E-state index in [2.05, 4.69) is 32.6 Å². The van der Waals surface area contributed by atoms with Gasteiger partial charge in [0.15, 0.2) is 0 Å². The molecule has 0 spiro atoms. The van der Waals surface area contributed by atoms with E-state index in [4.69, 9.17) is 5.73 Å². The largest absolute Gasteiger partial charge is 0.384 e. The Labute approximate surface area is 170 Å². The van der Waals surface area contributed by atoms with Gasteiger partial charge in [-0.2, -0.15) is 5.10 Å². The summed E-state index contributed by atoms with van der Waals surface area (Å²) in [6.07, 6.45) is 6.34. The quantitative estimate of drug-likeness (QED) is 0.623. The van der Waals surface area contributed by atoms with Crippen molar-refractivity contribution in [2.75, 3.05) is 25.4 Å². The number of rotatable bonds is 5. The first-order valence-corrected chi connectivity index (χ1v) is 10.0. The molecule has 1 aromatic carbocycles. The van der Waals surface area contributed by atoms with Gasteiger partial charge in [0.05, 0.1) is 6.20 Å². The number of hydrogen-bond acceptors (Lipinski definition) is 4. The number of amides is 2. The van der Waals surface area contributed by atoms with Gasteiger partial charge in [0, 0.05) is 43.0 Å². The second-order valence-electron chi connectivity index (χ2n) is 7.42. The molecule has 1 aliphatic heterocycles. The smallest absolute Gasteiger partial charge is 0.317 e. The van der Waals surface area contributed by atoms with Gasteiger partial charge in [0.1, 0.15) is 5.82 Å². The zero-order chi connectivity index (χ0) is 20.1. The first kappa shape index (κ1) is 19.0. The number of anilines is 1. The summed E-state index contributed by atoms with van der Waals surface area (Å²) in [5.41, 5.74) is 10.1. The third-order valence-electron chi connectivity index (χ3n) is 5.41. The Morgan fingerprint density at radius 1 is 1.28 bits per heavy atom. The average molecular weight is 390 g/mol. The van der Waals surface area contributed by atoms with E-state index in [9.17, 15) is 4.79 Å². The van der Waals surface area contributed by atoms with E-state index in [0.717, 1.165) is 42.6 Å². The van der Waals surface area contributed by atoms with E-state index in [0.29, 0.717) is 18.9 Å². The number of hydrogen-bond donors (Lipinski definition) is 3. The highest BCUT2D eigenvalue weighted by atomic mass is 16.2. The number of piperidine rings is 1. The van der Waals surface area contributed by atoms with Gasteiger partial charge < -0.3 is 16.0 Å². The number of aromatic amines is 1. The number of aromatic nitrogens is 3. The lowest BCUT2D eigenvalue weighted by molar-refractivity contribution is 0.179. The zero-order valence-corrected chi connectivity index (χ0v) is 16.3. The topological polar surface area (TPSA) is 99.9 Å². The van der Waals surface area contributed by atoms with Gasteiger partial charge in [-0.05, 0) is 42.5 Å². The molecule has 0 saturated carbocycles. The van der Waals surface area contributed by atoms with Gasteiger partial charge in [-0.1, -0.05) is 30.3 Å². The Morgan fingerprint density at radius 3 is 2.97 bits per heavy atom. The first-order valence-electron chi connectivity index (χ1n) is 10.0. The van der Waals surface area contributed by atoms with Crippen LogP contribution < -0.4 is 11.1 Å². The molecule has 1 saturated heterocycles. The zero-order valence-electron chi connectivity index (χ0n) is 16.3. The second kappa shape index (κ2) is 8.77. The van der Waals surface area contributed by atoms with E-state index in [-0.39, 0.29) is 11.9 Å². The highest BCUT2D eigenvalue weighted by Gasteiger charge is 2.27. The summed E-state index contributed by atoms with van der Waals surface area (Å²) in [6, 6.07) is 14.0.